The Kier molecular flexibility index (Phi) is 5.77. The summed E-state index contributed by atoms with van der Waals surface area (Å²) >= 11 is 1.75. The van der Waals surface area contributed by atoms with Crippen LogP contribution in [0.2, 0.25) is 0 Å². The van der Waals surface area contributed by atoms with Gasteiger partial charge >= 0.3 is 0 Å². The zero-order chi connectivity index (χ0) is 10.5. The number of hydrogen-bond donors (Lipinski definition) is 1. The molecule has 3 nitrogen and oxygen atoms in total. The van der Waals surface area contributed by atoms with Crippen LogP contribution in [0.5, 0.6) is 0 Å². The maximum Gasteiger partial charge on any atom is 0.239 e. The lowest BCUT2D eigenvalue weighted by atomic mass is 10.2. The van der Waals surface area contributed by atoms with E-state index in [9.17, 15) is 9.36 Å². The van der Waals surface area contributed by atoms with Gasteiger partial charge in [0.05, 0.1) is 6.04 Å². The fourth-order valence-electron chi connectivity index (χ4n) is 0.683. The first-order valence-corrected chi connectivity index (χ1v) is 5.93. The van der Waals surface area contributed by atoms with Crippen molar-refractivity contribution in [3.05, 3.63) is 0 Å². The van der Waals surface area contributed by atoms with E-state index in [1.54, 1.807) is 11.8 Å². The summed E-state index contributed by atoms with van der Waals surface area (Å²) < 4.78 is 10.4. The van der Waals surface area contributed by atoms with E-state index in [1.807, 2.05) is 0 Å². The second-order valence-corrected chi connectivity index (χ2v) is 6.33. The van der Waals surface area contributed by atoms with Gasteiger partial charge in [0.15, 0.2) is 0 Å². The largest absolute Gasteiger partial charge is 0.321 e. The van der Waals surface area contributed by atoms with E-state index in [0.717, 1.165) is 5.75 Å². The van der Waals surface area contributed by atoms with Gasteiger partial charge in [-0.3, -0.25) is 9.36 Å². The molecule has 0 saturated heterocycles. The second kappa shape index (κ2) is 5.74. The van der Waals surface area contributed by atoms with Crippen LogP contribution in [0.3, 0.4) is 0 Å². The van der Waals surface area contributed by atoms with Gasteiger partial charge in [-0.25, -0.2) is 0 Å². The normalized spacial score (nSPS) is 14.5. The summed E-state index contributed by atoms with van der Waals surface area (Å²) in [5.41, 5.74) is 5.08. The van der Waals surface area contributed by atoms with Gasteiger partial charge in [-0.1, -0.05) is 20.8 Å². The third kappa shape index (κ3) is 7.17. The maximum atomic E-state index is 10.8. The van der Waals surface area contributed by atoms with Crippen LogP contribution in [-0.2, 0) is 9.36 Å². The molecule has 0 aromatic heterocycles. The van der Waals surface area contributed by atoms with Crippen LogP contribution in [0.4, 0.5) is 0 Å². The second-order valence-electron chi connectivity index (χ2n) is 3.79. The van der Waals surface area contributed by atoms with Crippen LogP contribution in [0.1, 0.15) is 27.2 Å². The summed E-state index contributed by atoms with van der Waals surface area (Å²) in [6.45, 7) is 6.32. The van der Waals surface area contributed by atoms with Crippen LogP contribution in [-0.4, -0.2) is 22.1 Å². The lowest BCUT2D eigenvalue weighted by Crippen LogP contribution is -2.28. The Morgan fingerprint density at radius 1 is 1.54 bits per heavy atom. The summed E-state index contributed by atoms with van der Waals surface area (Å²) in [7, 11) is -0.473. The number of nitrogens with two attached hydrogens (primary N) is 1. The number of hydrogen-bond acceptors (Lipinski definition) is 4. The summed E-state index contributed by atoms with van der Waals surface area (Å²) in [6.07, 6.45) is 0.593. The van der Waals surface area contributed by atoms with Crippen molar-refractivity contribution in [1.82, 2.24) is 0 Å². The van der Waals surface area contributed by atoms with E-state index < -0.39 is 20.0 Å². The molecular formula is C8H16NO2PS. The Hall–Kier alpha value is 0.0800. The highest BCUT2D eigenvalue weighted by Crippen LogP contribution is 2.24. The van der Waals surface area contributed by atoms with Gasteiger partial charge in [0.1, 0.15) is 0 Å². The fraction of sp³-hybridized carbons (Fsp3) is 0.875. The standard InChI is InChI=1S/C8H16NO2PS/c1-8(2,3)13-5-4-6(9)7(10)12-11/h6H,4-5,9H2,1-3H3/t6-/m0/s1. The van der Waals surface area contributed by atoms with Crippen molar-refractivity contribution in [3.63, 3.8) is 0 Å². The van der Waals surface area contributed by atoms with Crippen molar-refractivity contribution < 1.29 is 9.36 Å². The SMILES string of the molecule is CC(C)(C)SCC[C@H](N)C(=O)P=O. The van der Waals surface area contributed by atoms with Crippen LogP contribution < -0.4 is 5.73 Å². The topological polar surface area (TPSA) is 60.2 Å². The Labute approximate surface area is 85.0 Å². The lowest BCUT2D eigenvalue weighted by molar-refractivity contribution is -0.112. The molecule has 1 atom stereocenters. The predicted octanol–water partition coefficient (Wildman–Crippen LogP) is 2.05. The summed E-state index contributed by atoms with van der Waals surface area (Å²) in [4.78, 5) is 10.8. The van der Waals surface area contributed by atoms with Crippen molar-refractivity contribution >= 4 is 25.7 Å². The molecule has 0 aliphatic rings. The monoisotopic (exact) mass is 221 g/mol. The fourth-order valence-corrected chi connectivity index (χ4v) is 1.93. The van der Waals surface area contributed by atoms with Gasteiger partial charge in [0.25, 0.3) is 0 Å². The van der Waals surface area contributed by atoms with E-state index in [-0.39, 0.29) is 4.75 Å². The highest BCUT2D eigenvalue weighted by atomic mass is 32.2. The Morgan fingerprint density at radius 2 is 2.08 bits per heavy atom. The highest BCUT2D eigenvalue weighted by molar-refractivity contribution is 8.00. The Balaban J connectivity index is 3.65. The van der Waals surface area contributed by atoms with E-state index in [2.05, 4.69) is 20.8 Å². The van der Waals surface area contributed by atoms with Gasteiger partial charge in [-0.2, -0.15) is 11.8 Å². The van der Waals surface area contributed by atoms with Crippen molar-refractivity contribution in [2.24, 2.45) is 5.73 Å². The smallest absolute Gasteiger partial charge is 0.239 e. The Morgan fingerprint density at radius 3 is 2.46 bits per heavy atom. The summed E-state index contributed by atoms with van der Waals surface area (Å²) in [5.74, 6) is 0.825. The van der Waals surface area contributed by atoms with E-state index in [4.69, 9.17) is 5.73 Å². The number of carbonyl (C=O) groups excluding carboxylic acids is 1. The van der Waals surface area contributed by atoms with Gasteiger partial charge in [0, 0.05) is 4.75 Å². The molecule has 0 heterocycles. The molecule has 0 rings (SSSR count). The van der Waals surface area contributed by atoms with Crippen molar-refractivity contribution in [3.8, 4) is 0 Å². The number of rotatable bonds is 5. The molecule has 13 heavy (non-hydrogen) atoms. The predicted molar refractivity (Wildman–Crippen MR) is 57.4 cm³/mol. The Bertz CT molecular complexity index is 191. The van der Waals surface area contributed by atoms with E-state index in [1.165, 1.54) is 0 Å². The summed E-state index contributed by atoms with van der Waals surface area (Å²) in [6, 6.07) is -0.575. The minimum absolute atomic E-state index is 0.192. The van der Waals surface area contributed by atoms with Crippen molar-refractivity contribution in [2.45, 2.75) is 38.0 Å². The molecule has 0 amide bonds. The number of thioether (sulfide) groups is 1. The van der Waals surface area contributed by atoms with E-state index in [0.29, 0.717) is 6.42 Å². The van der Waals surface area contributed by atoms with E-state index >= 15 is 0 Å². The molecule has 0 aliphatic carbocycles. The third-order valence-electron chi connectivity index (χ3n) is 1.37. The third-order valence-corrected chi connectivity index (χ3v) is 3.19. The van der Waals surface area contributed by atoms with Gasteiger partial charge < -0.3 is 5.73 Å². The van der Waals surface area contributed by atoms with Crippen LogP contribution in [0.25, 0.3) is 0 Å². The first-order chi connectivity index (χ1) is 5.87. The van der Waals surface area contributed by atoms with Crippen LogP contribution in [0, 0.1) is 0 Å². The van der Waals surface area contributed by atoms with Crippen molar-refractivity contribution in [1.29, 1.82) is 0 Å². The summed E-state index contributed by atoms with van der Waals surface area (Å²) in [5, 5.41) is 0. The average molecular weight is 221 g/mol. The molecule has 0 unspecified atom stereocenters. The quantitative estimate of drug-likeness (QED) is 0.722. The molecule has 0 fully saturated rings. The maximum absolute atomic E-state index is 10.8. The average Bonchev–Trinajstić information content (AvgIpc) is 2.00. The molecule has 0 aromatic rings. The zero-order valence-corrected chi connectivity index (χ0v) is 9.95. The van der Waals surface area contributed by atoms with Crippen molar-refractivity contribution in [2.75, 3.05) is 5.75 Å². The lowest BCUT2D eigenvalue weighted by Gasteiger charge is -2.17. The van der Waals surface area contributed by atoms with Crippen LogP contribution in [0.15, 0.2) is 0 Å². The zero-order valence-electron chi connectivity index (χ0n) is 8.24. The van der Waals surface area contributed by atoms with Gasteiger partial charge in [-0.15, -0.1) is 0 Å². The first kappa shape index (κ1) is 13.1. The molecule has 0 saturated carbocycles. The van der Waals surface area contributed by atoms with Crippen LogP contribution >= 0.6 is 20.2 Å². The molecule has 0 aromatic carbocycles. The molecule has 0 spiro atoms. The molecule has 0 aliphatic heterocycles. The first-order valence-electron chi connectivity index (χ1n) is 4.13. The number of carbonyl (C=O) groups is 1. The molecule has 2 N–H and O–H groups in total. The highest BCUT2D eigenvalue weighted by Gasteiger charge is 2.15. The molecular weight excluding hydrogens is 205 g/mol. The molecule has 0 radical (unpaired) electrons. The molecule has 0 bridgehead atoms. The minimum atomic E-state index is -0.575. The molecule has 76 valence electrons. The van der Waals surface area contributed by atoms with Gasteiger partial charge in [-0.05, 0) is 12.2 Å². The molecule has 5 heteroatoms. The van der Waals surface area contributed by atoms with Gasteiger partial charge in [0.2, 0.25) is 14.0 Å². The minimum Gasteiger partial charge on any atom is -0.321 e.